The van der Waals surface area contributed by atoms with E-state index in [1.165, 1.54) is 6.42 Å². The van der Waals surface area contributed by atoms with Gasteiger partial charge in [0.05, 0.1) is 17.6 Å². The summed E-state index contributed by atoms with van der Waals surface area (Å²) in [6.07, 6.45) is 9.37. The average molecular weight is 399 g/mol. The van der Waals surface area contributed by atoms with Crippen molar-refractivity contribution in [2.75, 3.05) is 19.7 Å². The molecule has 2 aliphatic heterocycles. The van der Waals surface area contributed by atoms with Crippen molar-refractivity contribution in [3.05, 3.63) is 35.4 Å². The third-order valence-corrected chi connectivity index (χ3v) is 7.07. The normalized spacial score (nSPS) is 25.8. The Kier molecular flexibility index (Phi) is 6.23. The third kappa shape index (κ3) is 3.81. The van der Waals surface area contributed by atoms with Gasteiger partial charge in [0, 0.05) is 25.3 Å². The number of rotatable bonds is 6. The quantitative estimate of drug-likeness (QED) is 0.787. The second-order valence-corrected chi connectivity index (χ2v) is 8.88. The van der Waals surface area contributed by atoms with Crippen molar-refractivity contribution in [2.24, 2.45) is 0 Å². The first-order valence-electron chi connectivity index (χ1n) is 11.5. The number of amides is 2. The predicted octanol–water partition coefficient (Wildman–Crippen LogP) is 4.02. The van der Waals surface area contributed by atoms with Crippen LogP contribution in [0.5, 0.6) is 0 Å². The van der Waals surface area contributed by atoms with Gasteiger partial charge in [0.15, 0.2) is 0 Å². The van der Waals surface area contributed by atoms with Crippen molar-refractivity contribution in [1.29, 1.82) is 0 Å². The van der Waals surface area contributed by atoms with E-state index in [1.54, 1.807) is 0 Å². The van der Waals surface area contributed by atoms with Crippen LogP contribution in [0.25, 0.3) is 0 Å². The van der Waals surface area contributed by atoms with Gasteiger partial charge in [-0.05, 0) is 43.7 Å². The second-order valence-electron chi connectivity index (χ2n) is 8.88. The van der Waals surface area contributed by atoms with E-state index in [2.05, 4.69) is 17.1 Å². The topological polar surface area (TPSA) is 58.6 Å². The molecule has 3 aliphatic rings. The van der Waals surface area contributed by atoms with Gasteiger partial charge in [0.1, 0.15) is 0 Å². The molecule has 0 radical (unpaired) electrons. The molecule has 0 aromatic heterocycles. The molecule has 158 valence electrons. The van der Waals surface area contributed by atoms with Gasteiger partial charge in [0.25, 0.3) is 5.91 Å². The van der Waals surface area contributed by atoms with E-state index in [-0.39, 0.29) is 29.4 Å². The number of unbranched alkanes of at least 4 members (excludes halogenated alkanes) is 1. The summed E-state index contributed by atoms with van der Waals surface area (Å²) in [6, 6.07) is 7.77. The molecule has 1 saturated heterocycles. The fraction of sp³-hybridized carbons (Fsp3) is 0.667. The van der Waals surface area contributed by atoms with Crippen LogP contribution < -0.4 is 5.32 Å². The summed E-state index contributed by atoms with van der Waals surface area (Å²) in [5.41, 5.74) is 1.23. The highest BCUT2D eigenvalue weighted by Gasteiger charge is 2.54. The molecule has 2 amide bonds. The van der Waals surface area contributed by atoms with Gasteiger partial charge in [-0.15, -0.1) is 0 Å². The number of fused-ring (bicyclic) bond motifs is 1. The van der Waals surface area contributed by atoms with Crippen LogP contribution in [0.15, 0.2) is 24.3 Å². The minimum absolute atomic E-state index is 0.0591. The van der Waals surface area contributed by atoms with Crippen LogP contribution in [0, 0.1) is 0 Å². The molecule has 4 rings (SSSR count). The molecule has 0 bridgehead atoms. The minimum Gasteiger partial charge on any atom is -0.376 e. The molecule has 1 spiro atoms. The van der Waals surface area contributed by atoms with Crippen LogP contribution in [0.2, 0.25) is 0 Å². The summed E-state index contributed by atoms with van der Waals surface area (Å²) in [5, 5.41) is 3.20. The smallest absolute Gasteiger partial charge is 0.254 e. The number of benzene rings is 1. The van der Waals surface area contributed by atoms with E-state index in [0.717, 1.165) is 70.1 Å². The number of nitrogens with zero attached hydrogens (tertiary/aromatic N) is 1. The second kappa shape index (κ2) is 8.86. The maximum absolute atomic E-state index is 13.6. The SMILES string of the molecule is CCCCN1C(=O)c2ccccc2C(C(=O)NCC2CCCO2)C12CCCCC2. The molecule has 1 aromatic rings. The van der Waals surface area contributed by atoms with Crippen LogP contribution in [0.3, 0.4) is 0 Å². The van der Waals surface area contributed by atoms with Gasteiger partial charge in [-0.1, -0.05) is 50.8 Å². The standard InChI is InChI=1S/C24H34N2O3/c1-2-3-15-26-23(28)20-12-6-5-11-19(20)21(24(26)13-7-4-8-14-24)22(27)25-17-18-10-9-16-29-18/h5-6,11-12,18,21H,2-4,7-10,13-17H2,1H3,(H,25,27). The summed E-state index contributed by atoms with van der Waals surface area (Å²) in [7, 11) is 0. The summed E-state index contributed by atoms with van der Waals surface area (Å²) in [6.45, 7) is 4.24. The predicted molar refractivity (Wildman–Crippen MR) is 113 cm³/mol. The monoisotopic (exact) mass is 398 g/mol. The highest BCUT2D eigenvalue weighted by molar-refractivity contribution is 6.02. The number of carbonyl (C=O) groups excluding carboxylic acids is 2. The van der Waals surface area contributed by atoms with Gasteiger partial charge in [0.2, 0.25) is 5.91 Å². The molecule has 1 aliphatic carbocycles. The van der Waals surface area contributed by atoms with Crippen LogP contribution in [0.1, 0.15) is 86.6 Å². The van der Waals surface area contributed by atoms with Crippen LogP contribution in [-0.2, 0) is 9.53 Å². The maximum atomic E-state index is 13.6. The van der Waals surface area contributed by atoms with E-state index >= 15 is 0 Å². The lowest BCUT2D eigenvalue weighted by Crippen LogP contribution is -2.63. The van der Waals surface area contributed by atoms with Crippen molar-refractivity contribution < 1.29 is 14.3 Å². The van der Waals surface area contributed by atoms with Gasteiger partial charge >= 0.3 is 0 Å². The maximum Gasteiger partial charge on any atom is 0.254 e. The summed E-state index contributed by atoms with van der Waals surface area (Å²) in [4.78, 5) is 29.2. The van der Waals surface area contributed by atoms with Gasteiger partial charge in [-0.25, -0.2) is 0 Å². The Hall–Kier alpha value is -1.88. The van der Waals surface area contributed by atoms with Gasteiger partial charge < -0.3 is 15.0 Å². The summed E-state index contributed by atoms with van der Waals surface area (Å²) in [5.74, 6) is -0.127. The summed E-state index contributed by atoms with van der Waals surface area (Å²) >= 11 is 0. The molecule has 5 heteroatoms. The lowest BCUT2D eigenvalue weighted by Gasteiger charge is -2.54. The molecular weight excluding hydrogens is 364 g/mol. The minimum atomic E-state index is -0.389. The molecule has 1 saturated carbocycles. The number of hydrogen-bond donors (Lipinski definition) is 1. The average Bonchev–Trinajstić information content (AvgIpc) is 3.27. The third-order valence-electron chi connectivity index (χ3n) is 7.07. The fourth-order valence-electron chi connectivity index (χ4n) is 5.61. The van der Waals surface area contributed by atoms with E-state index in [4.69, 9.17) is 4.74 Å². The number of nitrogens with one attached hydrogen (secondary N) is 1. The molecule has 29 heavy (non-hydrogen) atoms. The van der Waals surface area contributed by atoms with E-state index < -0.39 is 0 Å². The first-order valence-corrected chi connectivity index (χ1v) is 11.5. The van der Waals surface area contributed by atoms with E-state index in [1.807, 2.05) is 24.3 Å². The zero-order valence-electron chi connectivity index (χ0n) is 17.6. The van der Waals surface area contributed by atoms with Crippen molar-refractivity contribution in [2.45, 2.75) is 82.3 Å². The first kappa shape index (κ1) is 20.4. The van der Waals surface area contributed by atoms with Crippen LogP contribution in [0.4, 0.5) is 0 Å². The van der Waals surface area contributed by atoms with E-state index in [9.17, 15) is 9.59 Å². The Morgan fingerprint density at radius 2 is 2.00 bits per heavy atom. The lowest BCUT2D eigenvalue weighted by atomic mass is 9.65. The Morgan fingerprint density at radius 1 is 1.21 bits per heavy atom. The number of ether oxygens (including phenoxy) is 1. The van der Waals surface area contributed by atoms with Crippen molar-refractivity contribution in [3.63, 3.8) is 0 Å². The number of carbonyl (C=O) groups is 2. The molecule has 2 fully saturated rings. The molecule has 1 N–H and O–H groups in total. The molecular formula is C24H34N2O3. The first-order chi connectivity index (χ1) is 14.2. The van der Waals surface area contributed by atoms with E-state index in [0.29, 0.717) is 12.1 Å². The lowest BCUT2D eigenvalue weighted by molar-refractivity contribution is -0.127. The van der Waals surface area contributed by atoms with Crippen LogP contribution in [-0.4, -0.2) is 48.1 Å². The van der Waals surface area contributed by atoms with Crippen molar-refractivity contribution in [1.82, 2.24) is 10.2 Å². The molecule has 2 atom stereocenters. The largest absolute Gasteiger partial charge is 0.376 e. The zero-order valence-corrected chi connectivity index (χ0v) is 17.6. The molecule has 5 nitrogen and oxygen atoms in total. The molecule has 1 aromatic carbocycles. The van der Waals surface area contributed by atoms with Gasteiger partial charge in [-0.2, -0.15) is 0 Å². The molecule has 2 heterocycles. The highest BCUT2D eigenvalue weighted by atomic mass is 16.5. The van der Waals surface area contributed by atoms with Crippen molar-refractivity contribution in [3.8, 4) is 0 Å². The molecule has 2 unspecified atom stereocenters. The zero-order chi connectivity index (χ0) is 20.3. The van der Waals surface area contributed by atoms with Gasteiger partial charge in [-0.3, -0.25) is 9.59 Å². The Labute approximate surface area is 174 Å². The Balaban J connectivity index is 1.70. The Morgan fingerprint density at radius 3 is 2.72 bits per heavy atom. The number of hydrogen-bond acceptors (Lipinski definition) is 3. The Bertz CT molecular complexity index is 735. The van der Waals surface area contributed by atoms with Crippen LogP contribution >= 0.6 is 0 Å². The summed E-state index contributed by atoms with van der Waals surface area (Å²) < 4.78 is 5.71. The highest BCUT2D eigenvalue weighted by Crippen LogP contribution is 2.49. The van der Waals surface area contributed by atoms with Crippen molar-refractivity contribution >= 4 is 11.8 Å². The fourth-order valence-corrected chi connectivity index (χ4v) is 5.61.